The molecule has 12 aromatic rings. The number of benzene rings is 12. The highest BCUT2D eigenvalue weighted by molar-refractivity contribution is 7.80. The van der Waals surface area contributed by atoms with Crippen molar-refractivity contribution in [1.29, 1.82) is 0 Å². The number of hydrogen-bond donors (Lipinski definition) is 2. The van der Waals surface area contributed by atoms with Gasteiger partial charge in [-0.05, 0) is 158 Å². The van der Waals surface area contributed by atoms with Gasteiger partial charge in [0, 0.05) is 22.3 Å². The van der Waals surface area contributed by atoms with Gasteiger partial charge in [-0.1, -0.05) is 251 Å². The van der Waals surface area contributed by atoms with Gasteiger partial charge in [-0.15, -0.1) is 0 Å². The summed E-state index contributed by atoms with van der Waals surface area (Å²) in [6.45, 7) is 16.5. The number of fused-ring (bicyclic) bond motifs is 4. The zero-order valence-corrected chi connectivity index (χ0v) is 50.4. The lowest BCUT2D eigenvalue weighted by molar-refractivity contribution is -0.140. The van der Waals surface area contributed by atoms with Crippen molar-refractivity contribution in [1.82, 2.24) is 0 Å². The zero-order valence-electron chi connectivity index (χ0n) is 48.6. The second-order valence-electron chi connectivity index (χ2n) is 22.1. The number of carboxylic acid groups (broad SMARTS) is 2. The normalized spacial score (nSPS) is 11.4. The van der Waals surface area contributed by atoms with Crippen LogP contribution < -0.4 is 41.3 Å². The first kappa shape index (κ1) is 56.9. The Morgan fingerprint density at radius 2 is 0.548 bits per heavy atom. The molecule has 2 N–H and O–H groups in total. The van der Waals surface area contributed by atoms with Gasteiger partial charge >= 0.3 is 11.9 Å². The molecule has 8 heteroatoms. The minimum absolute atomic E-state index is 0.408. The summed E-state index contributed by atoms with van der Waals surface area (Å²) in [5.74, 6) is -0.853. The number of carboxylic acids is 2. The topological polar surface area (TPSA) is 93.1 Å². The molecule has 0 aromatic heterocycles. The lowest BCUT2D eigenvalue weighted by Gasteiger charge is -2.26. The summed E-state index contributed by atoms with van der Waals surface area (Å²) in [6.07, 6.45) is 0. The second-order valence-corrected chi connectivity index (χ2v) is 26.5. The van der Waals surface area contributed by atoms with E-state index >= 15 is 0 Å². The number of carbonyl (C=O) groups is 2. The maximum Gasteiger partial charge on any atom is 0.341 e. The largest absolute Gasteiger partial charge is 0.481 e. The highest BCUT2D eigenvalue weighted by atomic mass is 31.1. The Bertz CT molecular complexity index is 4050. The Hall–Kier alpha value is -8.92. The van der Waals surface area contributed by atoms with Gasteiger partial charge in [-0.3, -0.25) is 0 Å². The molecule has 12 aromatic carbocycles. The van der Waals surface area contributed by atoms with Gasteiger partial charge in [0.25, 0.3) is 0 Å². The molecular formula is C76H66O6P2. The van der Waals surface area contributed by atoms with E-state index in [1.54, 1.807) is 0 Å². The quantitative estimate of drug-likeness (QED) is 0.105. The first-order valence-electron chi connectivity index (χ1n) is 28.3. The summed E-state index contributed by atoms with van der Waals surface area (Å²) in [5, 5.41) is 35.4. The van der Waals surface area contributed by atoms with E-state index in [0.717, 1.165) is 65.3 Å². The van der Waals surface area contributed by atoms with Crippen LogP contribution in [0.1, 0.15) is 44.5 Å². The highest BCUT2D eigenvalue weighted by Crippen LogP contribution is 2.48. The monoisotopic (exact) mass is 1140 g/mol. The number of aliphatic carboxylic acids is 2. The van der Waals surface area contributed by atoms with Crippen molar-refractivity contribution in [3.63, 3.8) is 0 Å². The predicted octanol–water partition coefficient (Wildman–Crippen LogP) is 16.2. The third-order valence-electron chi connectivity index (χ3n) is 15.1. The maximum absolute atomic E-state index is 11.6. The van der Waals surface area contributed by atoms with Crippen LogP contribution in [0.15, 0.2) is 218 Å². The third-order valence-corrected chi connectivity index (χ3v) is 19.9. The fourth-order valence-corrected chi connectivity index (χ4v) is 17.9. The second kappa shape index (κ2) is 24.5. The van der Waals surface area contributed by atoms with Gasteiger partial charge < -0.3 is 19.7 Å². The Kier molecular flexibility index (Phi) is 16.6. The lowest BCUT2D eigenvalue weighted by Crippen LogP contribution is -2.24. The molecule has 0 aliphatic carbocycles. The van der Waals surface area contributed by atoms with E-state index in [4.69, 9.17) is 9.47 Å². The number of rotatable bonds is 14. The molecule has 0 saturated heterocycles. The standard InChI is InChI=1S/2C38H33O3P/c2*1-24-17-25(2)20-30(19-24)42(31-21-26(3)18-27(4)22-31)35-16-14-29-10-6-8-12-33(29)38(35)37-32-11-7-5-9-28(32)13-15-34(37)41-23-36(39)40/h2*5-22H,23H2,1-4H3,(H,39,40). The molecule has 0 heterocycles. The van der Waals surface area contributed by atoms with Crippen molar-refractivity contribution in [2.24, 2.45) is 0 Å². The van der Waals surface area contributed by atoms with E-state index in [2.05, 4.69) is 225 Å². The summed E-state index contributed by atoms with van der Waals surface area (Å²) in [7, 11) is -1.98. The summed E-state index contributed by atoms with van der Waals surface area (Å²) < 4.78 is 12.1. The molecule has 12 rings (SSSR count). The molecule has 0 aliphatic rings. The minimum Gasteiger partial charge on any atom is -0.481 e. The number of hydrogen-bond acceptors (Lipinski definition) is 4. The molecule has 0 radical (unpaired) electrons. The maximum atomic E-state index is 11.6. The Morgan fingerprint density at radius 1 is 0.310 bits per heavy atom. The van der Waals surface area contributed by atoms with Gasteiger partial charge in [0.15, 0.2) is 13.2 Å². The van der Waals surface area contributed by atoms with Crippen LogP contribution in [0.2, 0.25) is 0 Å². The van der Waals surface area contributed by atoms with Gasteiger partial charge in [0.1, 0.15) is 11.5 Å². The molecule has 84 heavy (non-hydrogen) atoms. The van der Waals surface area contributed by atoms with Crippen molar-refractivity contribution in [3.05, 3.63) is 263 Å². The molecule has 0 aliphatic heterocycles. The van der Waals surface area contributed by atoms with Gasteiger partial charge in [0.05, 0.1) is 0 Å². The van der Waals surface area contributed by atoms with Gasteiger partial charge in [0.2, 0.25) is 0 Å². The molecule has 0 amide bonds. The van der Waals surface area contributed by atoms with Crippen molar-refractivity contribution in [3.8, 4) is 33.8 Å². The zero-order chi connectivity index (χ0) is 58.8. The lowest BCUT2D eigenvalue weighted by atomic mass is 9.93. The van der Waals surface area contributed by atoms with Gasteiger partial charge in [-0.2, -0.15) is 0 Å². The molecule has 0 atom stereocenters. The van der Waals surface area contributed by atoms with Crippen molar-refractivity contribution >= 4 is 103 Å². The van der Waals surface area contributed by atoms with Crippen molar-refractivity contribution < 1.29 is 29.3 Å². The van der Waals surface area contributed by atoms with Crippen molar-refractivity contribution in [2.75, 3.05) is 13.2 Å². The minimum atomic E-state index is -1.00. The Balaban J connectivity index is 0.000000175. The van der Waals surface area contributed by atoms with E-state index in [1.165, 1.54) is 76.3 Å². The first-order valence-corrected chi connectivity index (χ1v) is 31.0. The molecule has 0 spiro atoms. The van der Waals surface area contributed by atoms with E-state index in [1.807, 2.05) is 48.5 Å². The van der Waals surface area contributed by atoms with Crippen molar-refractivity contribution in [2.45, 2.75) is 55.4 Å². The smallest absolute Gasteiger partial charge is 0.341 e. The molecule has 0 saturated carbocycles. The Labute approximate surface area is 494 Å². The van der Waals surface area contributed by atoms with E-state index < -0.39 is 41.0 Å². The SMILES string of the molecule is Cc1cc(C)cc(P(c2cc(C)cc(C)c2)c2ccc3ccccc3c2-c2c(OCC(=O)O)ccc3ccccc23)c1.Cc1cc(C)cc(P(c2cc(C)cc(C)c2)c2ccc3ccccc3c2-c2c(OCC(=O)O)ccc3ccccc23)c1. The average molecular weight is 1140 g/mol. The molecule has 0 unspecified atom stereocenters. The van der Waals surface area contributed by atoms with Crippen LogP contribution in [-0.4, -0.2) is 35.4 Å². The van der Waals surface area contributed by atoms with Crippen LogP contribution in [0.5, 0.6) is 11.5 Å². The molecule has 0 fully saturated rings. The molecular weight excluding hydrogens is 1070 g/mol. The highest BCUT2D eigenvalue weighted by Gasteiger charge is 2.29. The average Bonchev–Trinajstić information content (AvgIpc) is 1.36. The Morgan fingerprint density at radius 3 is 0.810 bits per heavy atom. The van der Waals surface area contributed by atoms with Gasteiger partial charge in [-0.25, -0.2) is 9.59 Å². The molecule has 416 valence electrons. The number of aryl methyl sites for hydroxylation is 8. The number of ether oxygens (including phenoxy) is 2. The fraction of sp³-hybridized carbons (Fsp3) is 0.132. The van der Waals surface area contributed by atoms with Crippen LogP contribution in [-0.2, 0) is 9.59 Å². The van der Waals surface area contributed by atoms with Crippen LogP contribution in [0.4, 0.5) is 0 Å². The molecule has 0 bridgehead atoms. The van der Waals surface area contributed by atoms with E-state index in [9.17, 15) is 19.8 Å². The molecule has 6 nitrogen and oxygen atoms in total. The predicted molar refractivity (Wildman–Crippen MR) is 355 cm³/mol. The van der Waals surface area contributed by atoms with Crippen LogP contribution in [0.25, 0.3) is 65.3 Å². The van der Waals surface area contributed by atoms with Crippen LogP contribution in [0, 0.1) is 55.4 Å². The summed E-state index contributed by atoms with van der Waals surface area (Å²) in [5.41, 5.74) is 13.9. The van der Waals surface area contributed by atoms with E-state index in [0.29, 0.717) is 11.5 Å². The summed E-state index contributed by atoms with van der Waals surface area (Å²) in [6, 6.07) is 77.8. The van der Waals surface area contributed by atoms with Crippen LogP contribution >= 0.6 is 15.8 Å². The van der Waals surface area contributed by atoms with Crippen LogP contribution in [0.3, 0.4) is 0 Å². The summed E-state index contributed by atoms with van der Waals surface area (Å²) in [4.78, 5) is 23.3. The summed E-state index contributed by atoms with van der Waals surface area (Å²) >= 11 is 0. The first-order chi connectivity index (χ1) is 40.6. The fourth-order valence-electron chi connectivity index (χ4n) is 12.1. The van der Waals surface area contributed by atoms with E-state index in [-0.39, 0.29) is 0 Å². The third kappa shape index (κ3) is 12.1.